The van der Waals surface area contributed by atoms with Gasteiger partial charge in [0.2, 0.25) is 0 Å². The summed E-state index contributed by atoms with van der Waals surface area (Å²) in [5.74, 6) is 0. The van der Waals surface area contributed by atoms with Crippen molar-refractivity contribution in [2.75, 3.05) is 0 Å². The molecule has 14 heavy (non-hydrogen) atoms. The fourth-order valence-electron chi connectivity index (χ4n) is 1.75. The molecule has 0 aliphatic rings. The van der Waals surface area contributed by atoms with Crippen molar-refractivity contribution >= 4 is 10.8 Å². The maximum Gasteiger partial charge on any atom is 0.0698 e. The van der Waals surface area contributed by atoms with Crippen molar-refractivity contribution in [1.82, 2.24) is 20.4 Å². The predicted molar refractivity (Wildman–Crippen MR) is 54.1 cm³/mol. The van der Waals surface area contributed by atoms with E-state index in [0.29, 0.717) is 0 Å². The van der Waals surface area contributed by atoms with Gasteiger partial charge in [-0.15, -0.1) is 0 Å². The number of aryl methyl sites for hydroxylation is 4. The average Bonchev–Trinajstić information content (AvgIpc) is 2.16. The largest absolute Gasteiger partial charge is 0.155 e. The van der Waals surface area contributed by atoms with Crippen LogP contribution >= 0.6 is 0 Å². The van der Waals surface area contributed by atoms with Crippen LogP contribution in [0.2, 0.25) is 0 Å². The van der Waals surface area contributed by atoms with E-state index >= 15 is 0 Å². The number of hydrogen-bond donors (Lipinski definition) is 0. The van der Waals surface area contributed by atoms with Gasteiger partial charge in [-0.2, -0.15) is 20.4 Å². The van der Waals surface area contributed by atoms with Crippen LogP contribution in [0.1, 0.15) is 22.8 Å². The van der Waals surface area contributed by atoms with Gasteiger partial charge in [0, 0.05) is 10.8 Å². The summed E-state index contributed by atoms with van der Waals surface area (Å²) in [7, 11) is 0. The minimum absolute atomic E-state index is 0.918. The Bertz CT molecular complexity index is 416. The van der Waals surface area contributed by atoms with Crippen LogP contribution in [0.5, 0.6) is 0 Å². The molecule has 0 radical (unpaired) electrons. The summed E-state index contributed by atoms with van der Waals surface area (Å²) in [4.78, 5) is 0. The van der Waals surface area contributed by atoms with Gasteiger partial charge in [0.25, 0.3) is 0 Å². The molecular formula is C10H12N4. The average molecular weight is 188 g/mol. The molecule has 2 aromatic heterocycles. The third kappa shape index (κ3) is 1.14. The Morgan fingerprint density at radius 3 is 0.929 bits per heavy atom. The Hall–Kier alpha value is -1.58. The molecule has 2 aromatic rings. The number of fused-ring (bicyclic) bond motifs is 1. The number of nitrogens with zero attached hydrogens (tertiary/aromatic N) is 4. The third-order valence-electron chi connectivity index (χ3n) is 2.40. The second-order valence-corrected chi connectivity index (χ2v) is 3.49. The lowest BCUT2D eigenvalue weighted by atomic mass is 10.1. The Kier molecular flexibility index (Phi) is 1.91. The van der Waals surface area contributed by atoms with Crippen LogP contribution in [0.15, 0.2) is 0 Å². The topological polar surface area (TPSA) is 51.6 Å². The quantitative estimate of drug-likeness (QED) is 0.630. The molecule has 0 aromatic carbocycles. The van der Waals surface area contributed by atoms with Crippen molar-refractivity contribution in [1.29, 1.82) is 0 Å². The lowest BCUT2D eigenvalue weighted by molar-refractivity contribution is 0.921. The van der Waals surface area contributed by atoms with E-state index in [4.69, 9.17) is 0 Å². The highest BCUT2D eigenvalue weighted by Gasteiger charge is 2.10. The molecule has 4 heteroatoms. The molecule has 0 N–H and O–H groups in total. The van der Waals surface area contributed by atoms with Gasteiger partial charge < -0.3 is 0 Å². The summed E-state index contributed by atoms with van der Waals surface area (Å²) < 4.78 is 0. The molecule has 0 atom stereocenters. The number of rotatable bonds is 0. The fraction of sp³-hybridized carbons (Fsp3) is 0.400. The van der Waals surface area contributed by atoms with E-state index in [-0.39, 0.29) is 0 Å². The highest BCUT2D eigenvalue weighted by Crippen LogP contribution is 2.22. The van der Waals surface area contributed by atoms with Gasteiger partial charge in [0.05, 0.1) is 22.8 Å². The van der Waals surface area contributed by atoms with Gasteiger partial charge in [-0.25, -0.2) is 0 Å². The van der Waals surface area contributed by atoms with Crippen molar-refractivity contribution in [3.63, 3.8) is 0 Å². The summed E-state index contributed by atoms with van der Waals surface area (Å²) in [5, 5.41) is 18.5. The molecule has 0 unspecified atom stereocenters. The molecule has 72 valence electrons. The van der Waals surface area contributed by atoms with Gasteiger partial charge in [-0.3, -0.25) is 0 Å². The Balaban J connectivity index is 3.05. The van der Waals surface area contributed by atoms with Crippen molar-refractivity contribution < 1.29 is 0 Å². The standard InChI is InChI=1S/C10H12N4/c1-5-9-6(2)13-14-8(4)10(9)7(3)12-11-5/h1-4H3. The van der Waals surface area contributed by atoms with Crippen molar-refractivity contribution in [3.05, 3.63) is 22.8 Å². The smallest absolute Gasteiger partial charge is 0.0698 e. The Morgan fingerprint density at radius 1 is 0.500 bits per heavy atom. The van der Waals surface area contributed by atoms with Crippen molar-refractivity contribution in [3.8, 4) is 0 Å². The summed E-state index contributed by atoms with van der Waals surface area (Å²) in [6.45, 7) is 7.79. The maximum atomic E-state index is 4.09. The maximum absolute atomic E-state index is 4.09. The molecule has 2 rings (SSSR count). The first-order valence-corrected chi connectivity index (χ1v) is 4.54. The minimum Gasteiger partial charge on any atom is -0.155 e. The van der Waals surface area contributed by atoms with Gasteiger partial charge in [0.1, 0.15) is 0 Å². The first-order chi connectivity index (χ1) is 6.61. The molecule has 0 aliphatic heterocycles. The monoisotopic (exact) mass is 188 g/mol. The summed E-state index contributed by atoms with van der Waals surface area (Å²) >= 11 is 0. The molecule has 0 saturated heterocycles. The summed E-state index contributed by atoms with van der Waals surface area (Å²) in [6, 6.07) is 0. The van der Waals surface area contributed by atoms with Crippen LogP contribution in [0.4, 0.5) is 0 Å². The first-order valence-electron chi connectivity index (χ1n) is 4.54. The molecule has 0 spiro atoms. The van der Waals surface area contributed by atoms with E-state index in [9.17, 15) is 0 Å². The predicted octanol–water partition coefficient (Wildman–Crippen LogP) is 1.65. The van der Waals surface area contributed by atoms with E-state index in [1.165, 1.54) is 0 Å². The van der Waals surface area contributed by atoms with E-state index in [1.807, 2.05) is 27.7 Å². The van der Waals surface area contributed by atoms with E-state index in [1.54, 1.807) is 0 Å². The number of hydrogen-bond acceptors (Lipinski definition) is 4. The Morgan fingerprint density at radius 2 is 0.714 bits per heavy atom. The third-order valence-corrected chi connectivity index (χ3v) is 2.40. The second kappa shape index (κ2) is 2.97. The number of aromatic nitrogens is 4. The molecule has 4 nitrogen and oxygen atoms in total. The van der Waals surface area contributed by atoms with Crippen LogP contribution in [-0.4, -0.2) is 20.4 Å². The first kappa shape index (κ1) is 8.99. The molecule has 0 fully saturated rings. The second-order valence-electron chi connectivity index (χ2n) is 3.49. The SMILES string of the molecule is Cc1nnc(C)c2c(C)nnc(C)c12. The van der Waals surface area contributed by atoms with E-state index < -0.39 is 0 Å². The highest BCUT2D eigenvalue weighted by molar-refractivity contribution is 5.89. The molecule has 0 amide bonds. The zero-order chi connectivity index (χ0) is 10.3. The van der Waals surface area contributed by atoms with Crippen molar-refractivity contribution in [2.45, 2.75) is 27.7 Å². The zero-order valence-corrected chi connectivity index (χ0v) is 8.79. The van der Waals surface area contributed by atoms with Gasteiger partial charge in [0.15, 0.2) is 0 Å². The zero-order valence-electron chi connectivity index (χ0n) is 8.79. The highest BCUT2D eigenvalue weighted by atomic mass is 15.1. The van der Waals surface area contributed by atoms with Crippen LogP contribution in [0.25, 0.3) is 10.8 Å². The van der Waals surface area contributed by atoms with Crippen LogP contribution < -0.4 is 0 Å². The molecule has 0 aliphatic carbocycles. The van der Waals surface area contributed by atoms with E-state index in [0.717, 1.165) is 33.5 Å². The minimum atomic E-state index is 0.918. The van der Waals surface area contributed by atoms with Crippen LogP contribution in [0, 0.1) is 27.7 Å². The van der Waals surface area contributed by atoms with Crippen molar-refractivity contribution in [2.24, 2.45) is 0 Å². The summed E-state index contributed by atoms with van der Waals surface area (Å²) in [5.41, 5.74) is 3.67. The van der Waals surface area contributed by atoms with Crippen LogP contribution in [0.3, 0.4) is 0 Å². The summed E-state index contributed by atoms with van der Waals surface area (Å²) in [6.07, 6.45) is 0. The van der Waals surface area contributed by atoms with Gasteiger partial charge in [-0.05, 0) is 27.7 Å². The Labute approximate surface area is 82.4 Å². The lowest BCUT2D eigenvalue weighted by Crippen LogP contribution is -2.01. The van der Waals surface area contributed by atoms with Gasteiger partial charge >= 0.3 is 0 Å². The lowest BCUT2D eigenvalue weighted by Gasteiger charge is -2.07. The molecular weight excluding hydrogens is 176 g/mol. The fourth-order valence-corrected chi connectivity index (χ4v) is 1.75. The molecule has 0 bridgehead atoms. The van der Waals surface area contributed by atoms with E-state index in [2.05, 4.69) is 20.4 Å². The normalized spacial score (nSPS) is 10.9. The molecule has 2 heterocycles. The molecule has 0 saturated carbocycles. The van der Waals surface area contributed by atoms with Gasteiger partial charge in [-0.1, -0.05) is 0 Å². The van der Waals surface area contributed by atoms with Crippen LogP contribution in [-0.2, 0) is 0 Å².